The second-order valence-corrected chi connectivity index (χ2v) is 5.09. The zero-order valence-corrected chi connectivity index (χ0v) is 12.3. The number of pyridine rings is 1. The lowest BCUT2D eigenvalue weighted by molar-refractivity contribution is 0.313. The van der Waals surface area contributed by atoms with E-state index in [2.05, 4.69) is 22.4 Å². The van der Waals surface area contributed by atoms with Crippen molar-refractivity contribution in [1.82, 2.24) is 10.3 Å². The minimum absolute atomic E-state index is 0.577. The standard InChI is InChI=1S/C18H19N3O/c19-18-17-7-6-14(12-15(17)8-9-21-18)13-20-10-11-22-16-4-2-1-3-5-16/h1-9,12,20H,10-11,13H2,(H2,19,21). The Hall–Kier alpha value is -2.59. The Morgan fingerprint density at radius 2 is 1.91 bits per heavy atom. The highest BCUT2D eigenvalue weighted by atomic mass is 16.5. The van der Waals surface area contributed by atoms with Crippen LogP contribution in [0.4, 0.5) is 5.82 Å². The number of ether oxygens (including phenoxy) is 1. The molecule has 3 rings (SSSR count). The lowest BCUT2D eigenvalue weighted by Gasteiger charge is -2.08. The number of nitrogens with two attached hydrogens (primary N) is 1. The van der Waals surface area contributed by atoms with Crippen molar-refractivity contribution in [2.24, 2.45) is 0 Å². The smallest absolute Gasteiger partial charge is 0.131 e. The fraction of sp³-hybridized carbons (Fsp3) is 0.167. The molecule has 4 nitrogen and oxygen atoms in total. The van der Waals surface area contributed by atoms with E-state index < -0.39 is 0 Å². The molecule has 0 aliphatic heterocycles. The van der Waals surface area contributed by atoms with Gasteiger partial charge >= 0.3 is 0 Å². The van der Waals surface area contributed by atoms with Crippen LogP contribution in [0.2, 0.25) is 0 Å². The predicted octanol–water partition coefficient (Wildman–Crippen LogP) is 2.99. The molecule has 3 aromatic rings. The first-order valence-electron chi connectivity index (χ1n) is 7.34. The van der Waals surface area contributed by atoms with Crippen molar-refractivity contribution in [3.05, 3.63) is 66.4 Å². The maximum Gasteiger partial charge on any atom is 0.131 e. The molecule has 0 atom stereocenters. The van der Waals surface area contributed by atoms with E-state index in [1.165, 1.54) is 5.56 Å². The minimum Gasteiger partial charge on any atom is -0.492 e. The Morgan fingerprint density at radius 3 is 2.77 bits per heavy atom. The average molecular weight is 293 g/mol. The number of nitrogen functional groups attached to an aromatic ring is 1. The number of rotatable bonds is 6. The van der Waals surface area contributed by atoms with E-state index in [1.807, 2.05) is 42.5 Å². The molecule has 0 saturated heterocycles. The predicted molar refractivity (Wildman–Crippen MR) is 89.8 cm³/mol. The third-order valence-corrected chi connectivity index (χ3v) is 3.48. The topological polar surface area (TPSA) is 60.2 Å². The molecule has 0 spiro atoms. The highest BCUT2D eigenvalue weighted by molar-refractivity contribution is 5.91. The zero-order chi connectivity index (χ0) is 15.2. The van der Waals surface area contributed by atoms with Gasteiger partial charge in [0.15, 0.2) is 0 Å². The second-order valence-electron chi connectivity index (χ2n) is 5.09. The molecule has 0 bridgehead atoms. The SMILES string of the molecule is Nc1nccc2cc(CNCCOc3ccccc3)ccc12. The number of nitrogens with zero attached hydrogens (tertiary/aromatic N) is 1. The number of hydrogen-bond donors (Lipinski definition) is 2. The van der Waals surface area contributed by atoms with Crippen LogP contribution in [0, 0.1) is 0 Å². The number of nitrogens with one attached hydrogen (secondary N) is 1. The molecule has 0 aliphatic carbocycles. The van der Waals surface area contributed by atoms with Crippen LogP contribution >= 0.6 is 0 Å². The molecular formula is C18H19N3O. The Morgan fingerprint density at radius 1 is 1.05 bits per heavy atom. The number of hydrogen-bond acceptors (Lipinski definition) is 4. The van der Waals surface area contributed by atoms with Crippen molar-refractivity contribution < 1.29 is 4.74 Å². The summed E-state index contributed by atoms with van der Waals surface area (Å²) < 4.78 is 5.64. The number of anilines is 1. The van der Waals surface area contributed by atoms with Crippen molar-refractivity contribution in [2.75, 3.05) is 18.9 Å². The van der Waals surface area contributed by atoms with Gasteiger partial charge in [0, 0.05) is 24.7 Å². The number of aromatic nitrogens is 1. The first-order valence-corrected chi connectivity index (χ1v) is 7.34. The van der Waals surface area contributed by atoms with Crippen LogP contribution < -0.4 is 15.8 Å². The van der Waals surface area contributed by atoms with E-state index in [4.69, 9.17) is 10.5 Å². The zero-order valence-electron chi connectivity index (χ0n) is 12.3. The summed E-state index contributed by atoms with van der Waals surface area (Å²) in [6.07, 6.45) is 1.74. The van der Waals surface area contributed by atoms with Crippen LogP contribution in [-0.2, 0) is 6.54 Å². The minimum atomic E-state index is 0.577. The molecule has 2 aromatic carbocycles. The summed E-state index contributed by atoms with van der Waals surface area (Å²) in [5.41, 5.74) is 7.08. The number of fused-ring (bicyclic) bond motifs is 1. The summed E-state index contributed by atoms with van der Waals surface area (Å²) in [4.78, 5) is 4.10. The van der Waals surface area contributed by atoms with E-state index in [-0.39, 0.29) is 0 Å². The summed E-state index contributed by atoms with van der Waals surface area (Å²) in [5, 5.41) is 5.50. The van der Waals surface area contributed by atoms with Crippen LogP contribution in [0.5, 0.6) is 5.75 Å². The lowest BCUT2D eigenvalue weighted by Crippen LogP contribution is -2.20. The van der Waals surface area contributed by atoms with Gasteiger partial charge in [0.05, 0.1) is 0 Å². The van der Waals surface area contributed by atoms with E-state index in [0.717, 1.165) is 29.6 Å². The lowest BCUT2D eigenvalue weighted by atomic mass is 10.1. The van der Waals surface area contributed by atoms with Gasteiger partial charge in [-0.05, 0) is 35.2 Å². The van der Waals surface area contributed by atoms with E-state index in [0.29, 0.717) is 12.4 Å². The maximum atomic E-state index is 5.86. The third-order valence-electron chi connectivity index (χ3n) is 3.48. The van der Waals surface area contributed by atoms with Crippen molar-refractivity contribution in [2.45, 2.75) is 6.54 Å². The van der Waals surface area contributed by atoms with Crippen LogP contribution in [0.25, 0.3) is 10.8 Å². The Balaban J connectivity index is 1.49. The van der Waals surface area contributed by atoms with Gasteiger partial charge in [-0.3, -0.25) is 0 Å². The van der Waals surface area contributed by atoms with Gasteiger partial charge in [0.2, 0.25) is 0 Å². The largest absolute Gasteiger partial charge is 0.492 e. The molecule has 0 amide bonds. The van der Waals surface area contributed by atoms with Gasteiger partial charge in [0.1, 0.15) is 18.2 Å². The van der Waals surface area contributed by atoms with E-state index in [1.54, 1.807) is 6.20 Å². The molecule has 4 heteroatoms. The summed E-state index contributed by atoms with van der Waals surface area (Å²) in [7, 11) is 0. The molecular weight excluding hydrogens is 274 g/mol. The number of benzene rings is 2. The second kappa shape index (κ2) is 6.91. The molecule has 0 unspecified atom stereocenters. The van der Waals surface area contributed by atoms with Crippen molar-refractivity contribution in [3.8, 4) is 5.75 Å². The van der Waals surface area contributed by atoms with Crippen molar-refractivity contribution in [1.29, 1.82) is 0 Å². The summed E-state index contributed by atoms with van der Waals surface area (Å²) in [5.74, 6) is 1.48. The normalized spacial score (nSPS) is 10.7. The average Bonchev–Trinajstić information content (AvgIpc) is 2.56. The van der Waals surface area contributed by atoms with Gasteiger partial charge in [-0.15, -0.1) is 0 Å². The monoisotopic (exact) mass is 293 g/mol. The van der Waals surface area contributed by atoms with Crippen molar-refractivity contribution >= 4 is 16.6 Å². The first kappa shape index (κ1) is 14.4. The van der Waals surface area contributed by atoms with Crippen LogP contribution in [0.3, 0.4) is 0 Å². The quantitative estimate of drug-likeness (QED) is 0.686. The van der Waals surface area contributed by atoms with Gasteiger partial charge in [0.25, 0.3) is 0 Å². The molecule has 0 radical (unpaired) electrons. The molecule has 112 valence electrons. The highest BCUT2D eigenvalue weighted by Gasteiger charge is 2.00. The number of para-hydroxylation sites is 1. The Bertz CT molecular complexity index is 744. The molecule has 1 aromatic heterocycles. The van der Waals surface area contributed by atoms with Crippen LogP contribution in [0.15, 0.2) is 60.8 Å². The molecule has 3 N–H and O–H groups in total. The van der Waals surface area contributed by atoms with Gasteiger partial charge in [-0.1, -0.05) is 30.3 Å². The summed E-state index contributed by atoms with van der Waals surface area (Å²) >= 11 is 0. The van der Waals surface area contributed by atoms with Gasteiger partial charge in [-0.2, -0.15) is 0 Å². The molecule has 22 heavy (non-hydrogen) atoms. The Labute approximate surface area is 129 Å². The van der Waals surface area contributed by atoms with Crippen molar-refractivity contribution in [3.63, 3.8) is 0 Å². The fourth-order valence-corrected chi connectivity index (χ4v) is 2.35. The first-order chi connectivity index (χ1) is 10.8. The van der Waals surface area contributed by atoms with Gasteiger partial charge < -0.3 is 15.8 Å². The fourth-order valence-electron chi connectivity index (χ4n) is 2.35. The molecule has 0 saturated carbocycles. The van der Waals surface area contributed by atoms with E-state index in [9.17, 15) is 0 Å². The van der Waals surface area contributed by atoms with Crippen LogP contribution in [-0.4, -0.2) is 18.1 Å². The summed E-state index contributed by atoms with van der Waals surface area (Å²) in [6.45, 7) is 2.25. The van der Waals surface area contributed by atoms with Gasteiger partial charge in [-0.25, -0.2) is 4.98 Å². The molecule has 0 fully saturated rings. The highest BCUT2D eigenvalue weighted by Crippen LogP contribution is 2.19. The van der Waals surface area contributed by atoms with E-state index >= 15 is 0 Å². The molecule has 1 heterocycles. The maximum absolute atomic E-state index is 5.86. The Kier molecular flexibility index (Phi) is 4.51. The van der Waals surface area contributed by atoms with Crippen LogP contribution in [0.1, 0.15) is 5.56 Å². The third kappa shape index (κ3) is 3.54. The summed E-state index contributed by atoms with van der Waals surface area (Å²) in [6, 6.07) is 18.1. The molecule has 0 aliphatic rings.